The summed E-state index contributed by atoms with van der Waals surface area (Å²) in [5.41, 5.74) is 0.505. The number of hydrogen-bond acceptors (Lipinski definition) is 4. The molecule has 19 heavy (non-hydrogen) atoms. The molecule has 1 aromatic carbocycles. The SMILES string of the molecule is CCOc1ccc(C(=O)NC(C)CCO)cc1OC. The zero-order valence-corrected chi connectivity index (χ0v) is 11.6. The topological polar surface area (TPSA) is 67.8 Å². The molecule has 0 aliphatic carbocycles. The van der Waals surface area contributed by atoms with E-state index in [1.54, 1.807) is 18.2 Å². The van der Waals surface area contributed by atoms with Crippen molar-refractivity contribution in [3.8, 4) is 11.5 Å². The highest BCUT2D eigenvalue weighted by Gasteiger charge is 2.12. The smallest absolute Gasteiger partial charge is 0.251 e. The van der Waals surface area contributed by atoms with Crippen LogP contribution in [-0.4, -0.2) is 37.4 Å². The van der Waals surface area contributed by atoms with Gasteiger partial charge in [-0.05, 0) is 38.5 Å². The molecule has 0 radical (unpaired) electrons. The summed E-state index contributed by atoms with van der Waals surface area (Å²) < 4.78 is 10.6. The van der Waals surface area contributed by atoms with E-state index in [1.807, 2.05) is 13.8 Å². The van der Waals surface area contributed by atoms with Crippen LogP contribution in [0, 0.1) is 0 Å². The Balaban J connectivity index is 2.80. The van der Waals surface area contributed by atoms with Crippen molar-refractivity contribution in [2.24, 2.45) is 0 Å². The number of carbonyl (C=O) groups excluding carboxylic acids is 1. The summed E-state index contributed by atoms with van der Waals surface area (Å²) in [6.45, 7) is 4.32. The van der Waals surface area contributed by atoms with Crippen LogP contribution in [0.3, 0.4) is 0 Å². The number of aliphatic hydroxyl groups excluding tert-OH is 1. The number of aliphatic hydroxyl groups is 1. The van der Waals surface area contributed by atoms with E-state index in [2.05, 4.69) is 5.32 Å². The first-order valence-corrected chi connectivity index (χ1v) is 6.34. The van der Waals surface area contributed by atoms with Gasteiger partial charge in [-0.3, -0.25) is 4.79 Å². The molecule has 1 rings (SSSR count). The van der Waals surface area contributed by atoms with Crippen LogP contribution in [0.15, 0.2) is 18.2 Å². The highest BCUT2D eigenvalue weighted by molar-refractivity contribution is 5.95. The Bertz CT molecular complexity index is 420. The molecule has 0 saturated heterocycles. The van der Waals surface area contributed by atoms with Gasteiger partial charge in [0.15, 0.2) is 11.5 Å². The fourth-order valence-electron chi connectivity index (χ4n) is 1.66. The van der Waals surface area contributed by atoms with Gasteiger partial charge in [-0.2, -0.15) is 0 Å². The summed E-state index contributed by atoms with van der Waals surface area (Å²) in [6, 6.07) is 4.98. The zero-order valence-electron chi connectivity index (χ0n) is 11.6. The molecule has 1 amide bonds. The van der Waals surface area contributed by atoms with E-state index in [1.165, 1.54) is 7.11 Å². The van der Waals surface area contributed by atoms with Crippen LogP contribution in [0.4, 0.5) is 0 Å². The standard InChI is InChI=1S/C14H21NO4/c1-4-19-12-6-5-11(9-13(12)18-3)14(17)15-10(2)7-8-16/h5-6,9-10,16H,4,7-8H2,1-3H3,(H,15,17). The Morgan fingerprint density at radius 2 is 2.16 bits per heavy atom. The Morgan fingerprint density at radius 1 is 1.42 bits per heavy atom. The van der Waals surface area contributed by atoms with Gasteiger partial charge in [-0.15, -0.1) is 0 Å². The van der Waals surface area contributed by atoms with Gasteiger partial charge >= 0.3 is 0 Å². The third kappa shape index (κ3) is 4.44. The Labute approximate surface area is 113 Å². The average molecular weight is 267 g/mol. The molecule has 1 unspecified atom stereocenters. The Morgan fingerprint density at radius 3 is 2.74 bits per heavy atom. The van der Waals surface area contributed by atoms with Gasteiger partial charge in [0.1, 0.15) is 0 Å². The third-order valence-electron chi connectivity index (χ3n) is 2.67. The monoisotopic (exact) mass is 267 g/mol. The minimum Gasteiger partial charge on any atom is -0.493 e. The number of nitrogens with one attached hydrogen (secondary N) is 1. The molecule has 1 atom stereocenters. The third-order valence-corrected chi connectivity index (χ3v) is 2.67. The molecule has 2 N–H and O–H groups in total. The molecule has 106 valence electrons. The minimum absolute atomic E-state index is 0.0496. The maximum absolute atomic E-state index is 12.0. The van der Waals surface area contributed by atoms with Crippen LogP contribution in [0.25, 0.3) is 0 Å². The van der Waals surface area contributed by atoms with Crippen LogP contribution >= 0.6 is 0 Å². The second-order valence-electron chi connectivity index (χ2n) is 4.19. The molecule has 1 aromatic rings. The lowest BCUT2D eigenvalue weighted by molar-refractivity contribution is 0.0934. The van der Waals surface area contributed by atoms with E-state index < -0.39 is 0 Å². The van der Waals surface area contributed by atoms with Crippen molar-refractivity contribution in [2.75, 3.05) is 20.3 Å². The fraction of sp³-hybridized carbons (Fsp3) is 0.500. The average Bonchev–Trinajstić information content (AvgIpc) is 2.39. The molecule has 0 bridgehead atoms. The van der Waals surface area contributed by atoms with Crippen molar-refractivity contribution >= 4 is 5.91 Å². The normalized spacial score (nSPS) is 11.8. The summed E-state index contributed by atoms with van der Waals surface area (Å²) in [5.74, 6) is 0.955. The van der Waals surface area contributed by atoms with E-state index >= 15 is 0 Å². The predicted octanol–water partition coefficient (Wildman–Crippen LogP) is 1.59. The number of ether oxygens (including phenoxy) is 2. The zero-order chi connectivity index (χ0) is 14.3. The number of benzene rings is 1. The second kappa shape index (κ2) is 7.63. The quantitative estimate of drug-likeness (QED) is 0.787. The summed E-state index contributed by atoms with van der Waals surface area (Å²) in [5, 5.41) is 11.6. The van der Waals surface area contributed by atoms with Gasteiger partial charge in [0.2, 0.25) is 0 Å². The van der Waals surface area contributed by atoms with Gasteiger partial charge in [-0.1, -0.05) is 0 Å². The van der Waals surface area contributed by atoms with Crippen molar-refractivity contribution in [1.82, 2.24) is 5.32 Å². The lowest BCUT2D eigenvalue weighted by Gasteiger charge is -2.14. The van der Waals surface area contributed by atoms with Gasteiger partial charge in [0.25, 0.3) is 5.91 Å². The lowest BCUT2D eigenvalue weighted by atomic mass is 10.1. The fourth-order valence-corrected chi connectivity index (χ4v) is 1.66. The number of amides is 1. The molecule has 0 spiro atoms. The molecular formula is C14H21NO4. The maximum atomic E-state index is 12.0. The van der Waals surface area contributed by atoms with Gasteiger partial charge < -0.3 is 19.9 Å². The first kappa shape index (κ1) is 15.3. The summed E-state index contributed by atoms with van der Waals surface area (Å²) in [6.07, 6.45) is 0.528. The molecule has 0 aliphatic heterocycles. The van der Waals surface area contributed by atoms with Gasteiger partial charge in [-0.25, -0.2) is 0 Å². The highest BCUT2D eigenvalue weighted by Crippen LogP contribution is 2.28. The molecule has 5 nitrogen and oxygen atoms in total. The van der Waals surface area contributed by atoms with Crippen LogP contribution < -0.4 is 14.8 Å². The molecule has 0 fully saturated rings. The van der Waals surface area contributed by atoms with E-state index in [4.69, 9.17) is 14.6 Å². The van der Waals surface area contributed by atoms with E-state index in [0.717, 1.165) is 0 Å². The van der Waals surface area contributed by atoms with Crippen molar-refractivity contribution in [3.05, 3.63) is 23.8 Å². The van der Waals surface area contributed by atoms with Crippen molar-refractivity contribution in [2.45, 2.75) is 26.3 Å². The second-order valence-corrected chi connectivity index (χ2v) is 4.19. The van der Waals surface area contributed by atoms with Gasteiger partial charge in [0.05, 0.1) is 13.7 Å². The van der Waals surface area contributed by atoms with E-state index in [9.17, 15) is 4.79 Å². The Hall–Kier alpha value is -1.75. The number of methoxy groups -OCH3 is 1. The maximum Gasteiger partial charge on any atom is 0.251 e. The summed E-state index contributed by atoms with van der Waals surface area (Å²) in [4.78, 5) is 12.0. The first-order chi connectivity index (χ1) is 9.12. The molecule has 0 saturated carbocycles. The number of carbonyl (C=O) groups is 1. The van der Waals surface area contributed by atoms with Crippen molar-refractivity contribution < 1.29 is 19.4 Å². The predicted molar refractivity (Wildman–Crippen MR) is 72.8 cm³/mol. The van der Waals surface area contributed by atoms with Crippen LogP contribution in [0.2, 0.25) is 0 Å². The van der Waals surface area contributed by atoms with Gasteiger partial charge in [0, 0.05) is 18.2 Å². The van der Waals surface area contributed by atoms with Crippen molar-refractivity contribution in [3.63, 3.8) is 0 Å². The van der Waals surface area contributed by atoms with Crippen molar-refractivity contribution in [1.29, 1.82) is 0 Å². The lowest BCUT2D eigenvalue weighted by Crippen LogP contribution is -2.33. The van der Waals surface area contributed by atoms with E-state index in [0.29, 0.717) is 30.1 Å². The van der Waals surface area contributed by atoms with Crippen LogP contribution in [0.5, 0.6) is 11.5 Å². The van der Waals surface area contributed by atoms with Crippen LogP contribution in [0.1, 0.15) is 30.6 Å². The van der Waals surface area contributed by atoms with E-state index in [-0.39, 0.29) is 18.6 Å². The largest absolute Gasteiger partial charge is 0.493 e. The number of rotatable bonds is 7. The molecule has 0 aromatic heterocycles. The first-order valence-electron chi connectivity index (χ1n) is 6.34. The summed E-state index contributed by atoms with van der Waals surface area (Å²) in [7, 11) is 1.54. The summed E-state index contributed by atoms with van der Waals surface area (Å²) >= 11 is 0. The Kier molecular flexibility index (Phi) is 6.15. The molecule has 0 aliphatic rings. The highest BCUT2D eigenvalue weighted by atomic mass is 16.5. The number of hydrogen-bond donors (Lipinski definition) is 2. The minimum atomic E-state index is -0.192. The van der Waals surface area contributed by atoms with Crippen LogP contribution in [-0.2, 0) is 0 Å². The molecule has 5 heteroatoms. The molecular weight excluding hydrogens is 246 g/mol. The molecule has 0 heterocycles.